The Morgan fingerprint density at radius 2 is 2.24 bits per heavy atom. The Kier molecular flexibility index (Phi) is 4.85. The molecule has 2 rings (SSSR count). The lowest BCUT2D eigenvalue weighted by atomic mass is 9.89. The molecule has 0 bridgehead atoms. The SMILES string of the molecule is CC(NCC(C)(C)CCO)c1ccc2c(c1)NC(=O)CO2. The van der Waals surface area contributed by atoms with Gasteiger partial charge in [-0.3, -0.25) is 4.79 Å². The van der Waals surface area contributed by atoms with E-state index in [4.69, 9.17) is 9.84 Å². The lowest BCUT2D eigenvalue weighted by molar-refractivity contribution is -0.118. The number of fused-ring (bicyclic) bond motifs is 1. The first-order valence-corrected chi connectivity index (χ1v) is 7.32. The number of carbonyl (C=O) groups excluding carboxylic acids is 1. The number of carbonyl (C=O) groups is 1. The standard InChI is InChI=1S/C16H24N2O3/c1-11(17-10-16(2,3)6-7-19)12-4-5-14-13(8-12)18-15(20)9-21-14/h4-5,8,11,17,19H,6-7,9-10H2,1-3H3,(H,18,20). The minimum Gasteiger partial charge on any atom is -0.482 e. The molecule has 1 amide bonds. The van der Waals surface area contributed by atoms with Crippen LogP contribution in [0.4, 0.5) is 5.69 Å². The van der Waals surface area contributed by atoms with Gasteiger partial charge in [-0.15, -0.1) is 0 Å². The smallest absolute Gasteiger partial charge is 0.262 e. The van der Waals surface area contributed by atoms with Crippen molar-refractivity contribution in [1.82, 2.24) is 5.32 Å². The summed E-state index contributed by atoms with van der Waals surface area (Å²) < 4.78 is 5.36. The molecule has 1 aliphatic heterocycles. The zero-order chi connectivity index (χ0) is 15.5. The molecule has 1 aromatic rings. The molecule has 5 heteroatoms. The van der Waals surface area contributed by atoms with Gasteiger partial charge in [0.15, 0.2) is 6.61 Å². The topological polar surface area (TPSA) is 70.6 Å². The average Bonchev–Trinajstić information content (AvgIpc) is 2.44. The molecule has 1 aromatic carbocycles. The lowest BCUT2D eigenvalue weighted by Crippen LogP contribution is -2.32. The number of hydrogen-bond acceptors (Lipinski definition) is 4. The number of benzene rings is 1. The van der Waals surface area contributed by atoms with E-state index in [0.29, 0.717) is 5.75 Å². The molecule has 21 heavy (non-hydrogen) atoms. The molecule has 0 spiro atoms. The van der Waals surface area contributed by atoms with E-state index in [1.165, 1.54) is 0 Å². The average molecular weight is 292 g/mol. The van der Waals surface area contributed by atoms with Crippen molar-refractivity contribution in [3.63, 3.8) is 0 Å². The van der Waals surface area contributed by atoms with Gasteiger partial charge in [0.2, 0.25) is 0 Å². The molecule has 0 saturated heterocycles. The third-order valence-corrected chi connectivity index (χ3v) is 3.81. The van der Waals surface area contributed by atoms with Crippen molar-refractivity contribution in [2.24, 2.45) is 5.41 Å². The Hall–Kier alpha value is -1.59. The van der Waals surface area contributed by atoms with Gasteiger partial charge in [-0.2, -0.15) is 0 Å². The Balaban J connectivity index is 2.01. The van der Waals surface area contributed by atoms with E-state index in [0.717, 1.165) is 24.2 Å². The molecule has 0 aliphatic carbocycles. The van der Waals surface area contributed by atoms with Crippen LogP contribution in [0, 0.1) is 5.41 Å². The van der Waals surface area contributed by atoms with Crippen LogP contribution in [0.15, 0.2) is 18.2 Å². The van der Waals surface area contributed by atoms with Gasteiger partial charge in [-0.1, -0.05) is 19.9 Å². The van der Waals surface area contributed by atoms with E-state index in [2.05, 4.69) is 31.4 Å². The zero-order valence-electron chi connectivity index (χ0n) is 12.9. The summed E-state index contributed by atoms with van der Waals surface area (Å²) in [5.74, 6) is 0.593. The highest BCUT2D eigenvalue weighted by Gasteiger charge is 2.20. The number of amides is 1. The normalized spacial score (nSPS) is 15.9. The molecular formula is C16H24N2O3. The Morgan fingerprint density at radius 3 is 2.95 bits per heavy atom. The molecule has 0 fully saturated rings. The van der Waals surface area contributed by atoms with Crippen LogP contribution in [-0.2, 0) is 4.79 Å². The van der Waals surface area contributed by atoms with Crippen LogP contribution in [0.25, 0.3) is 0 Å². The molecular weight excluding hydrogens is 268 g/mol. The highest BCUT2D eigenvalue weighted by molar-refractivity contribution is 5.95. The van der Waals surface area contributed by atoms with Crippen LogP contribution in [0.5, 0.6) is 5.75 Å². The molecule has 1 unspecified atom stereocenters. The van der Waals surface area contributed by atoms with Crippen molar-refractivity contribution in [3.05, 3.63) is 23.8 Å². The first kappa shape index (κ1) is 15.8. The van der Waals surface area contributed by atoms with Crippen molar-refractivity contribution in [2.45, 2.75) is 33.2 Å². The van der Waals surface area contributed by atoms with Crippen LogP contribution >= 0.6 is 0 Å². The predicted molar refractivity (Wildman–Crippen MR) is 82.5 cm³/mol. The molecule has 5 nitrogen and oxygen atoms in total. The third kappa shape index (κ3) is 4.19. The van der Waals surface area contributed by atoms with E-state index in [1.54, 1.807) is 0 Å². The summed E-state index contributed by atoms with van der Waals surface area (Å²) in [4.78, 5) is 11.4. The van der Waals surface area contributed by atoms with E-state index in [1.807, 2.05) is 18.2 Å². The second-order valence-electron chi connectivity index (χ2n) is 6.33. The Morgan fingerprint density at radius 1 is 1.48 bits per heavy atom. The van der Waals surface area contributed by atoms with E-state index >= 15 is 0 Å². The fourth-order valence-corrected chi connectivity index (χ4v) is 2.31. The lowest BCUT2D eigenvalue weighted by Gasteiger charge is -2.27. The van der Waals surface area contributed by atoms with Crippen LogP contribution in [0.3, 0.4) is 0 Å². The third-order valence-electron chi connectivity index (χ3n) is 3.81. The fourth-order valence-electron chi connectivity index (χ4n) is 2.31. The van der Waals surface area contributed by atoms with Crippen molar-refractivity contribution >= 4 is 11.6 Å². The van der Waals surface area contributed by atoms with Gasteiger partial charge < -0.3 is 20.5 Å². The summed E-state index contributed by atoms with van der Waals surface area (Å²) in [6, 6.07) is 6.00. The summed E-state index contributed by atoms with van der Waals surface area (Å²) in [6.07, 6.45) is 0.765. The van der Waals surface area contributed by atoms with Gasteiger partial charge in [-0.05, 0) is 36.5 Å². The highest BCUT2D eigenvalue weighted by Crippen LogP contribution is 2.30. The quantitative estimate of drug-likeness (QED) is 0.751. The zero-order valence-corrected chi connectivity index (χ0v) is 12.9. The van der Waals surface area contributed by atoms with E-state index in [-0.39, 0.29) is 30.6 Å². The number of nitrogens with one attached hydrogen (secondary N) is 2. The Labute approximate surface area is 125 Å². The van der Waals surface area contributed by atoms with Gasteiger partial charge in [0.1, 0.15) is 5.75 Å². The maximum Gasteiger partial charge on any atom is 0.262 e. The first-order valence-electron chi connectivity index (χ1n) is 7.32. The van der Waals surface area contributed by atoms with Crippen molar-refractivity contribution < 1.29 is 14.6 Å². The predicted octanol–water partition coefficient (Wildman–Crippen LogP) is 2.08. The minimum absolute atomic E-state index is 0.0501. The van der Waals surface area contributed by atoms with Gasteiger partial charge >= 0.3 is 0 Å². The van der Waals surface area contributed by atoms with Crippen LogP contribution in [0.1, 0.15) is 38.8 Å². The molecule has 1 aliphatic rings. The summed E-state index contributed by atoms with van der Waals surface area (Å²) in [7, 11) is 0. The maximum atomic E-state index is 11.4. The van der Waals surface area contributed by atoms with Crippen LogP contribution in [-0.4, -0.2) is 30.8 Å². The van der Waals surface area contributed by atoms with Crippen molar-refractivity contribution in [1.29, 1.82) is 0 Å². The van der Waals surface area contributed by atoms with Crippen molar-refractivity contribution in [3.8, 4) is 5.75 Å². The van der Waals surface area contributed by atoms with Crippen LogP contribution in [0.2, 0.25) is 0 Å². The summed E-state index contributed by atoms with van der Waals surface area (Å²) in [6.45, 7) is 7.44. The van der Waals surface area contributed by atoms with Gasteiger partial charge in [0, 0.05) is 19.2 Å². The van der Waals surface area contributed by atoms with Gasteiger partial charge in [0.25, 0.3) is 5.91 Å². The summed E-state index contributed by atoms with van der Waals surface area (Å²) in [5.41, 5.74) is 1.88. The van der Waals surface area contributed by atoms with Gasteiger partial charge in [-0.25, -0.2) is 0 Å². The number of aliphatic hydroxyl groups excluding tert-OH is 1. The second kappa shape index (κ2) is 6.45. The number of rotatable bonds is 6. The highest BCUT2D eigenvalue weighted by atomic mass is 16.5. The largest absolute Gasteiger partial charge is 0.482 e. The molecule has 0 radical (unpaired) electrons. The Bertz CT molecular complexity index is 514. The van der Waals surface area contributed by atoms with Crippen LogP contribution < -0.4 is 15.4 Å². The van der Waals surface area contributed by atoms with Crippen molar-refractivity contribution in [2.75, 3.05) is 25.1 Å². The van der Waals surface area contributed by atoms with E-state index < -0.39 is 0 Å². The fraction of sp³-hybridized carbons (Fsp3) is 0.562. The maximum absolute atomic E-state index is 11.4. The number of anilines is 1. The van der Waals surface area contributed by atoms with E-state index in [9.17, 15) is 4.79 Å². The molecule has 0 aromatic heterocycles. The van der Waals surface area contributed by atoms with Gasteiger partial charge in [0.05, 0.1) is 5.69 Å². The summed E-state index contributed by atoms with van der Waals surface area (Å²) >= 11 is 0. The molecule has 3 N–H and O–H groups in total. The molecule has 1 heterocycles. The molecule has 0 saturated carbocycles. The second-order valence-corrected chi connectivity index (χ2v) is 6.33. The summed E-state index contributed by atoms with van der Waals surface area (Å²) in [5, 5.41) is 15.4. The number of hydrogen-bond donors (Lipinski definition) is 3. The first-order chi connectivity index (χ1) is 9.91. The monoisotopic (exact) mass is 292 g/mol. The molecule has 1 atom stereocenters. The molecule has 116 valence electrons. The number of aliphatic hydroxyl groups is 1. The number of ether oxygens (including phenoxy) is 1. The minimum atomic E-state index is -0.121.